The summed E-state index contributed by atoms with van der Waals surface area (Å²) in [6.45, 7) is 0. The van der Waals surface area contributed by atoms with Crippen molar-refractivity contribution in [1.82, 2.24) is 0 Å². The van der Waals surface area contributed by atoms with Crippen LogP contribution in [0.1, 0.15) is 38.5 Å². The fraction of sp³-hybridized carbons (Fsp3) is 1.00. The zero-order chi connectivity index (χ0) is 9.73. The minimum absolute atomic E-state index is 0.0653. The van der Waals surface area contributed by atoms with E-state index in [0.717, 1.165) is 25.7 Å². The summed E-state index contributed by atoms with van der Waals surface area (Å²) in [5, 5.41) is -0.0653. The first-order valence-electron chi connectivity index (χ1n) is 4.94. The second-order valence-electron chi connectivity index (χ2n) is 3.67. The van der Waals surface area contributed by atoms with Gasteiger partial charge in [0.1, 0.15) is 0 Å². The van der Waals surface area contributed by atoms with Crippen LogP contribution in [-0.4, -0.2) is 25.3 Å². The molecule has 0 spiro atoms. The van der Waals surface area contributed by atoms with Crippen molar-refractivity contribution < 1.29 is 8.42 Å². The Hall–Kier alpha value is 0.240. The lowest BCUT2D eigenvalue weighted by atomic mass is 10.0. The summed E-state index contributed by atoms with van der Waals surface area (Å²) in [5.74, 6) is 0.729. The van der Waals surface area contributed by atoms with Crippen LogP contribution in [0.2, 0.25) is 0 Å². The van der Waals surface area contributed by atoms with Crippen LogP contribution in [0.25, 0.3) is 0 Å². The van der Waals surface area contributed by atoms with Crippen molar-refractivity contribution in [3.8, 4) is 0 Å². The number of rotatable bonds is 4. The molecule has 0 N–H and O–H groups in total. The molecule has 13 heavy (non-hydrogen) atoms. The molecular formula is C9H17ClO2S. The molecule has 0 amide bonds. The minimum atomic E-state index is -2.83. The highest BCUT2D eigenvalue weighted by Gasteiger charge is 2.26. The summed E-state index contributed by atoms with van der Waals surface area (Å²) in [7, 11) is -2.83. The summed E-state index contributed by atoms with van der Waals surface area (Å²) >= 11 is 5.48. The molecule has 1 rings (SSSR count). The van der Waals surface area contributed by atoms with Gasteiger partial charge in [0, 0.05) is 5.88 Å². The van der Waals surface area contributed by atoms with Crippen LogP contribution in [0.15, 0.2) is 0 Å². The van der Waals surface area contributed by atoms with Gasteiger partial charge in [-0.1, -0.05) is 19.3 Å². The number of hydrogen-bond acceptors (Lipinski definition) is 2. The van der Waals surface area contributed by atoms with Crippen molar-refractivity contribution in [2.45, 2.75) is 43.8 Å². The molecule has 0 aliphatic heterocycles. The summed E-state index contributed by atoms with van der Waals surface area (Å²) in [6.07, 6.45) is 5.67. The van der Waals surface area contributed by atoms with E-state index in [2.05, 4.69) is 0 Å². The first-order valence-corrected chi connectivity index (χ1v) is 7.19. The molecule has 4 heteroatoms. The average Bonchev–Trinajstić information content (AvgIpc) is 2.16. The van der Waals surface area contributed by atoms with Crippen molar-refractivity contribution >= 4 is 21.4 Å². The van der Waals surface area contributed by atoms with E-state index >= 15 is 0 Å². The molecule has 78 valence electrons. The van der Waals surface area contributed by atoms with Gasteiger partial charge in [-0.3, -0.25) is 0 Å². The molecular weight excluding hydrogens is 208 g/mol. The summed E-state index contributed by atoms with van der Waals surface area (Å²) in [4.78, 5) is 0. The SMILES string of the molecule is O=S(=O)(CCCCl)C1CCCCC1. The van der Waals surface area contributed by atoms with Gasteiger partial charge in [0.25, 0.3) is 0 Å². The average molecular weight is 225 g/mol. The molecule has 0 aromatic heterocycles. The van der Waals surface area contributed by atoms with Crippen LogP contribution in [0.5, 0.6) is 0 Å². The summed E-state index contributed by atoms with van der Waals surface area (Å²) in [5.41, 5.74) is 0. The molecule has 0 bridgehead atoms. The largest absolute Gasteiger partial charge is 0.229 e. The van der Waals surface area contributed by atoms with Gasteiger partial charge in [0.2, 0.25) is 0 Å². The normalized spacial score (nSPS) is 20.4. The van der Waals surface area contributed by atoms with Gasteiger partial charge >= 0.3 is 0 Å². The first kappa shape index (κ1) is 11.3. The molecule has 0 heterocycles. The van der Waals surface area contributed by atoms with Crippen LogP contribution in [-0.2, 0) is 9.84 Å². The van der Waals surface area contributed by atoms with E-state index in [1.54, 1.807) is 0 Å². The highest BCUT2D eigenvalue weighted by Crippen LogP contribution is 2.24. The van der Waals surface area contributed by atoms with Gasteiger partial charge in [0.05, 0.1) is 11.0 Å². The molecule has 0 aromatic rings. The predicted octanol–water partition coefficient (Wildman–Crippen LogP) is 2.36. The third-order valence-electron chi connectivity index (χ3n) is 2.62. The second kappa shape index (κ2) is 5.20. The van der Waals surface area contributed by atoms with Gasteiger partial charge in [-0.15, -0.1) is 11.6 Å². The maximum Gasteiger partial charge on any atom is 0.153 e. The maximum atomic E-state index is 11.7. The monoisotopic (exact) mass is 224 g/mol. The third kappa shape index (κ3) is 3.47. The van der Waals surface area contributed by atoms with Crippen molar-refractivity contribution in [3.63, 3.8) is 0 Å². The third-order valence-corrected chi connectivity index (χ3v) is 5.23. The van der Waals surface area contributed by atoms with Crippen LogP contribution in [0.4, 0.5) is 0 Å². The van der Waals surface area contributed by atoms with Crippen molar-refractivity contribution in [3.05, 3.63) is 0 Å². The molecule has 1 aliphatic rings. The molecule has 1 fully saturated rings. The highest BCUT2D eigenvalue weighted by molar-refractivity contribution is 7.92. The predicted molar refractivity (Wildman–Crippen MR) is 56.0 cm³/mol. The lowest BCUT2D eigenvalue weighted by Gasteiger charge is -2.21. The van der Waals surface area contributed by atoms with Crippen LogP contribution in [0.3, 0.4) is 0 Å². The zero-order valence-corrected chi connectivity index (χ0v) is 9.41. The zero-order valence-electron chi connectivity index (χ0n) is 7.84. The number of sulfone groups is 1. The van der Waals surface area contributed by atoms with E-state index in [0.29, 0.717) is 12.3 Å². The minimum Gasteiger partial charge on any atom is -0.229 e. The maximum absolute atomic E-state index is 11.7. The molecule has 1 saturated carbocycles. The first-order chi connectivity index (χ1) is 6.17. The second-order valence-corrected chi connectivity index (χ2v) is 6.45. The van der Waals surface area contributed by atoms with E-state index in [1.807, 2.05) is 0 Å². The Labute approximate surface area is 85.6 Å². The summed E-state index contributed by atoms with van der Waals surface area (Å²) < 4.78 is 23.4. The lowest BCUT2D eigenvalue weighted by molar-refractivity contribution is 0.483. The van der Waals surface area contributed by atoms with E-state index in [9.17, 15) is 8.42 Å². The van der Waals surface area contributed by atoms with E-state index < -0.39 is 9.84 Å². The molecule has 0 saturated heterocycles. The molecule has 2 nitrogen and oxygen atoms in total. The lowest BCUT2D eigenvalue weighted by Crippen LogP contribution is -2.26. The van der Waals surface area contributed by atoms with Crippen molar-refractivity contribution in [2.24, 2.45) is 0 Å². The molecule has 1 aliphatic carbocycles. The quantitative estimate of drug-likeness (QED) is 0.688. The highest BCUT2D eigenvalue weighted by atomic mass is 35.5. The van der Waals surface area contributed by atoms with Crippen molar-refractivity contribution in [1.29, 1.82) is 0 Å². The topological polar surface area (TPSA) is 34.1 Å². The van der Waals surface area contributed by atoms with Gasteiger partial charge in [-0.05, 0) is 19.3 Å². The molecule has 0 atom stereocenters. The van der Waals surface area contributed by atoms with Crippen LogP contribution in [0, 0.1) is 0 Å². The standard InChI is InChI=1S/C9H17ClO2S/c10-7-4-8-13(11,12)9-5-2-1-3-6-9/h9H,1-8H2. The van der Waals surface area contributed by atoms with Gasteiger partial charge < -0.3 is 0 Å². The van der Waals surface area contributed by atoms with Gasteiger partial charge in [0.15, 0.2) is 9.84 Å². The Morgan fingerprint density at radius 2 is 1.77 bits per heavy atom. The molecule has 0 unspecified atom stereocenters. The smallest absolute Gasteiger partial charge is 0.153 e. The molecule has 0 aromatic carbocycles. The van der Waals surface area contributed by atoms with E-state index in [-0.39, 0.29) is 11.0 Å². The Kier molecular flexibility index (Phi) is 4.53. The van der Waals surface area contributed by atoms with Crippen molar-refractivity contribution in [2.75, 3.05) is 11.6 Å². The Bertz CT molecular complexity index is 230. The van der Waals surface area contributed by atoms with Gasteiger partial charge in [-0.25, -0.2) is 8.42 Å². The fourth-order valence-corrected chi connectivity index (χ4v) is 4.07. The van der Waals surface area contributed by atoms with E-state index in [4.69, 9.17) is 11.6 Å². The Morgan fingerprint density at radius 1 is 1.15 bits per heavy atom. The van der Waals surface area contributed by atoms with Crippen LogP contribution >= 0.6 is 11.6 Å². The fourth-order valence-electron chi connectivity index (χ4n) is 1.85. The number of hydrogen-bond donors (Lipinski definition) is 0. The Balaban J connectivity index is 2.47. The number of alkyl halides is 1. The Morgan fingerprint density at radius 3 is 2.31 bits per heavy atom. The molecule has 0 radical (unpaired) electrons. The van der Waals surface area contributed by atoms with Crippen LogP contribution < -0.4 is 0 Å². The van der Waals surface area contributed by atoms with Gasteiger partial charge in [-0.2, -0.15) is 0 Å². The van der Waals surface area contributed by atoms with E-state index in [1.165, 1.54) is 6.42 Å². The summed E-state index contributed by atoms with van der Waals surface area (Å²) in [6, 6.07) is 0. The number of halogens is 1.